The van der Waals surface area contributed by atoms with E-state index in [2.05, 4.69) is 15.6 Å². The molecular formula is C26H25ClN4O5S. The molecule has 1 atom stereocenters. The first-order valence-corrected chi connectivity index (χ1v) is 14.1. The summed E-state index contributed by atoms with van der Waals surface area (Å²) in [5.74, 6) is -1.28. The molecule has 0 bridgehead atoms. The molecule has 2 heterocycles. The van der Waals surface area contributed by atoms with Gasteiger partial charge in [-0.25, -0.2) is 8.42 Å². The number of sulfone groups is 1. The highest BCUT2D eigenvalue weighted by molar-refractivity contribution is 7.90. The molecule has 1 unspecified atom stereocenters. The van der Waals surface area contributed by atoms with Gasteiger partial charge in [-0.2, -0.15) is 0 Å². The van der Waals surface area contributed by atoms with Crippen molar-refractivity contribution < 1.29 is 22.8 Å². The number of halogens is 1. The van der Waals surface area contributed by atoms with E-state index in [1.807, 2.05) is 0 Å². The monoisotopic (exact) mass is 540 g/mol. The maximum atomic E-state index is 13.6. The van der Waals surface area contributed by atoms with E-state index in [0.29, 0.717) is 45.1 Å². The lowest BCUT2D eigenvalue weighted by atomic mass is 9.88. The predicted octanol–water partition coefficient (Wildman–Crippen LogP) is 3.00. The second-order valence-electron chi connectivity index (χ2n) is 9.55. The third kappa shape index (κ3) is 5.45. The molecule has 1 aromatic heterocycles. The van der Waals surface area contributed by atoms with Gasteiger partial charge in [-0.3, -0.25) is 19.4 Å². The van der Waals surface area contributed by atoms with Gasteiger partial charge in [0.25, 0.3) is 5.91 Å². The lowest BCUT2D eigenvalue weighted by Gasteiger charge is -2.33. The Hall–Kier alpha value is -3.50. The van der Waals surface area contributed by atoms with Crippen molar-refractivity contribution in [2.24, 2.45) is 5.92 Å². The zero-order valence-corrected chi connectivity index (χ0v) is 21.6. The first kappa shape index (κ1) is 25.2. The Balaban J connectivity index is 1.42. The molecule has 0 spiro atoms. The minimum Gasteiger partial charge on any atom is -0.354 e. The minimum absolute atomic E-state index is 0.00524. The fourth-order valence-corrected chi connectivity index (χ4v) is 5.30. The second kappa shape index (κ2) is 9.75. The number of fused-ring (bicyclic) bond motifs is 2. The van der Waals surface area contributed by atoms with Gasteiger partial charge in [-0.1, -0.05) is 17.7 Å². The van der Waals surface area contributed by atoms with E-state index in [9.17, 15) is 22.8 Å². The Bertz CT molecular complexity index is 1540. The number of pyridine rings is 1. The molecule has 192 valence electrons. The van der Waals surface area contributed by atoms with Crippen LogP contribution in [0.4, 0.5) is 5.69 Å². The molecule has 1 saturated carbocycles. The SMILES string of the molecule is CS(=O)(=O)c1ccc2c(NC(=O)C3CN(CC(=O)NCC4CC4)C(=O)c4ccc(Cl)cc43)cncc2c1. The number of nitrogens with one attached hydrogen (secondary N) is 2. The van der Waals surface area contributed by atoms with Crippen molar-refractivity contribution in [3.8, 4) is 0 Å². The Morgan fingerprint density at radius 3 is 2.65 bits per heavy atom. The summed E-state index contributed by atoms with van der Waals surface area (Å²) in [4.78, 5) is 44.9. The molecule has 9 nitrogen and oxygen atoms in total. The number of aromatic nitrogens is 1. The Morgan fingerprint density at radius 2 is 1.92 bits per heavy atom. The second-order valence-corrected chi connectivity index (χ2v) is 12.0. The van der Waals surface area contributed by atoms with Crippen molar-refractivity contribution in [1.82, 2.24) is 15.2 Å². The third-order valence-corrected chi connectivity index (χ3v) is 8.01. The van der Waals surface area contributed by atoms with Crippen LogP contribution in [-0.2, 0) is 19.4 Å². The molecule has 5 rings (SSSR count). The van der Waals surface area contributed by atoms with E-state index >= 15 is 0 Å². The maximum Gasteiger partial charge on any atom is 0.254 e. The molecule has 3 aromatic rings. The van der Waals surface area contributed by atoms with Gasteiger partial charge in [0.05, 0.1) is 29.2 Å². The van der Waals surface area contributed by atoms with Crippen LogP contribution >= 0.6 is 11.6 Å². The molecule has 1 fully saturated rings. The Labute approximate surface area is 219 Å². The molecule has 0 saturated heterocycles. The van der Waals surface area contributed by atoms with Crippen molar-refractivity contribution in [2.75, 3.05) is 31.2 Å². The molecule has 3 amide bonds. The van der Waals surface area contributed by atoms with Crippen LogP contribution in [0.5, 0.6) is 0 Å². The van der Waals surface area contributed by atoms with Crippen LogP contribution in [0.15, 0.2) is 53.7 Å². The van der Waals surface area contributed by atoms with Crippen molar-refractivity contribution >= 4 is 55.6 Å². The third-order valence-electron chi connectivity index (χ3n) is 6.66. The number of nitrogens with zero attached hydrogens (tertiary/aromatic N) is 2. The number of amides is 3. The van der Waals surface area contributed by atoms with E-state index in [1.54, 1.807) is 24.3 Å². The van der Waals surface area contributed by atoms with E-state index in [-0.39, 0.29) is 29.8 Å². The van der Waals surface area contributed by atoms with E-state index in [1.165, 1.54) is 29.4 Å². The van der Waals surface area contributed by atoms with Crippen LogP contribution in [0.1, 0.15) is 34.7 Å². The van der Waals surface area contributed by atoms with Gasteiger partial charge in [-0.15, -0.1) is 0 Å². The number of anilines is 1. The number of benzene rings is 2. The molecule has 0 radical (unpaired) electrons. The summed E-state index contributed by atoms with van der Waals surface area (Å²) >= 11 is 6.20. The molecule has 2 aromatic carbocycles. The van der Waals surface area contributed by atoms with E-state index in [0.717, 1.165) is 19.1 Å². The standard InChI is InChI=1S/C26H25ClN4O5S/c1-37(35,36)18-5-7-19-16(8-18)11-28-12-23(19)30-25(33)22-13-31(14-24(32)29-10-15-2-3-15)26(34)20-6-4-17(27)9-21(20)22/h4-9,11-12,15,22H,2-3,10,13-14H2,1H3,(H,29,32)(H,30,33). The molecule has 1 aliphatic carbocycles. The molecule has 11 heteroatoms. The van der Waals surface area contributed by atoms with Crippen molar-refractivity contribution in [3.63, 3.8) is 0 Å². The Kier molecular flexibility index (Phi) is 6.63. The predicted molar refractivity (Wildman–Crippen MR) is 139 cm³/mol. The van der Waals surface area contributed by atoms with Crippen molar-refractivity contribution in [2.45, 2.75) is 23.7 Å². The average Bonchev–Trinajstić information content (AvgIpc) is 3.68. The van der Waals surface area contributed by atoms with Gasteiger partial charge in [0, 0.05) is 46.9 Å². The molecule has 37 heavy (non-hydrogen) atoms. The van der Waals surface area contributed by atoms with E-state index in [4.69, 9.17) is 11.6 Å². The van der Waals surface area contributed by atoms with Crippen LogP contribution < -0.4 is 10.6 Å². The molecule has 2 N–H and O–H groups in total. The van der Waals surface area contributed by atoms with Gasteiger partial charge in [0.1, 0.15) is 0 Å². The van der Waals surface area contributed by atoms with Gasteiger partial charge >= 0.3 is 0 Å². The summed E-state index contributed by atoms with van der Waals surface area (Å²) in [6.07, 6.45) is 6.32. The lowest BCUT2D eigenvalue weighted by molar-refractivity contribution is -0.123. The number of carbonyl (C=O) groups is 3. The summed E-state index contributed by atoms with van der Waals surface area (Å²) in [7, 11) is -3.41. The fourth-order valence-electron chi connectivity index (χ4n) is 4.46. The topological polar surface area (TPSA) is 126 Å². The van der Waals surface area contributed by atoms with Gasteiger partial charge in [0.15, 0.2) is 9.84 Å². The first-order chi connectivity index (χ1) is 17.6. The molecular weight excluding hydrogens is 516 g/mol. The largest absolute Gasteiger partial charge is 0.354 e. The summed E-state index contributed by atoms with van der Waals surface area (Å²) in [6.45, 7) is 0.443. The molecule has 1 aliphatic heterocycles. The number of rotatable bonds is 7. The fraction of sp³-hybridized carbons (Fsp3) is 0.308. The highest BCUT2D eigenvalue weighted by Crippen LogP contribution is 2.33. The number of carbonyl (C=O) groups excluding carboxylic acids is 3. The van der Waals surface area contributed by atoms with Crippen molar-refractivity contribution in [1.29, 1.82) is 0 Å². The lowest BCUT2D eigenvalue weighted by Crippen LogP contribution is -2.48. The highest BCUT2D eigenvalue weighted by atomic mass is 35.5. The number of hydrogen-bond donors (Lipinski definition) is 2. The summed E-state index contributed by atoms with van der Waals surface area (Å²) in [6, 6.07) is 9.35. The van der Waals surface area contributed by atoms with Crippen LogP contribution in [0.3, 0.4) is 0 Å². The smallest absolute Gasteiger partial charge is 0.254 e. The van der Waals surface area contributed by atoms with Gasteiger partial charge in [0.2, 0.25) is 11.8 Å². The summed E-state index contributed by atoms with van der Waals surface area (Å²) in [5.41, 5.74) is 1.20. The van der Waals surface area contributed by atoms with Crippen LogP contribution in [-0.4, -0.2) is 61.9 Å². The summed E-state index contributed by atoms with van der Waals surface area (Å²) in [5, 5.41) is 7.29. The highest BCUT2D eigenvalue weighted by Gasteiger charge is 2.36. The van der Waals surface area contributed by atoms with Gasteiger partial charge < -0.3 is 15.5 Å². The van der Waals surface area contributed by atoms with Crippen LogP contribution in [0.2, 0.25) is 5.02 Å². The van der Waals surface area contributed by atoms with Gasteiger partial charge in [-0.05, 0) is 54.7 Å². The van der Waals surface area contributed by atoms with E-state index < -0.39 is 21.7 Å². The maximum absolute atomic E-state index is 13.6. The zero-order valence-electron chi connectivity index (χ0n) is 20.0. The zero-order chi connectivity index (χ0) is 26.3. The first-order valence-electron chi connectivity index (χ1n) is 11.8. The van der Waals surface area contributed by atoms with Crippen LogP contribution in [0.25, 0.3) is 10.8 Å². The van der Waals surface area contributed by atoms with Crippen LogP contribution in [0, 0.1) is 5.92 Å². The quantitative estimate of drug-likeness (QED) is 0.474. The molecule has 2 aliphatic rings. The Morgan fingerprint density at radius 1 is 1.14 bits per heavy atom. The van der Waals surface area contributed by atoms with Crippen molar-refractivity contribution in [3.05, 3.63) is 64.9 Å². The normalized spacial score (nSPS) is 17.4. The minimum atomic E-state index is -3.41. The summed E-state index contributed by atoms with van der Waals surface area (Å²) < 4.78 is 23.9. The average molecular weight is 541 g/mol. The number of hydrogen-bond acceptors (Lipinski definition) is 6.